The van der Waals surface area contributed by atoms with E-state index in [1.165, 1.54) is 0 Å². The number of anilines is 1. The first-order valence-electron chi connectivity index (χ1n) is 5.38. The van der Waals surface area contributed by atoms with Gasteiger partial charge in [-0.1, -0.05) is 29.3 Å². The normalized spacial score (nSPS) is 10.2. The molecule has 1 aromatic carbocycles. The van der Waals surface area contributed by atoms with Gasteiger partial charge in [0.25, 0.3) is 0 Å². The van der Waals surface area contributed by atoms with Crippen LogP contribution in [-0.4, -0.2) is 17.0 Å². The monoisotopic (exact) mass is 289 g/mol. The topological polar surface area (TPSA) is 66.4 Å². The van der Waals surface area contributed by atoms with Crippen LogP contribution < -0.4 is 5.32 Å². The molecule has 0 atom stereocenters. The van der Waals surface area contributed by atoms with Crippen LogP contribution in [0.25, 0.3) is 0 Å². The first kappa shape index (κ1) is 14.8. The summed E-state index contributed by atoms with van der Waals surface area (Å²) in [5.41, 5.74) is 1.18. The standard InChI is InChI=1S/C12H13Cl2NO3/c1-7-5-6-8(13)12(11(7)14)15-9(16)3-2-4-10(17)18/h5-6H,2-4H2,1H3,(H,15,16)(H,17,18). The Bertz CT molecular complexity index is 475. The Labute approximate surface area is 115 Å². The van der Waals surface area contributed by atoms with Crippen molar-refractivity contribution < 1.29 is 14.7 Å². The molecule has 1 aromatic rings. The molecule has 4 nitrogen and oxygen atoms in total. The van der Waals surface area contributed by atoms with Crippen LogP contribution in [-0.2, 0) is 9.59 Å². The van der Waals surface area contributed by atoms with Gasteiger partial charge in [0.2, 0.25) is 5.91 Å². The highest BCUT2D eigenvalue weighted by Gasteiger charge is 2.12. The predicted octanol–water partition coefficient (Wildman–Crippen LogP) is 3.50. The molecule has 6 heteroatoms. The predicted molar refractivity (Wildman–Crippen MR) is 71.3 cm³/mol. The van der Waals surface area contributed by atoms with Gasteiger partial charge in [0, 0.05) is 12.8 Å². The van der Waals surface area contributed by atoms with Gasteiger partial charge in [0.15, 0.2) is 0 Å². The smallest absolute Gasteiger partial charge is 0.303 e. The molecule has 0 saturated carbocycles. The van der Waals surface area contributed by atoms with Crippen molar-refractivity contribution in [2.24, 2.45) is 0 Å². The number of hydrogen-bond donors (Lipinski definition) is 2. The Hall–Kier alpha value is -1.26. The molecule has 0 heterocycles. The molecule has 0 spiro atoms. The van der Waals surface area contributed by atoms with E-state index in [1.54, 1.807) is 19.1 Å². The van der Waals surface area contributed by atoms with Crippen LogP contribution in [0, 0.1) is 6.92 Å². The molecule has 98 valence electrons. The summed E-state index contributed by atoms with van der Waals surface area (Å²) in [6.45, 7) is 1.80. The molecule has 0 unspecified atom stereocenters. The van der Waals surface area contributed by atoms with Gasteiger partial charge < -0.3 is 10.4 Å². The van der Waals surface area contributed by atoms with E-state index < -0.39 is 5.97 Å². The highest BCUT2D eigenvalue weighted by Crippen LogP contribution is 2.32. The molecule has 0 fully saturated rings. The van der Waals surface area contributed by atoms with Crippen LogP contribution in [0.2, 0.25) is 10.0 Å². The van der Waals surface area contributed by atoms with Gasteiger partial charge in [-0.2, -0.15) is 0 Å². The first-order valence-corrected chi connectivity index (χ1v) is 6.13. The number of carbonyl (C=O) groups excluding carboxylic acids is 1. The molecule has 0 saturated heterocycles. The second kappa shape index (κ2) is 6.61. The zero-order valence-electron chi connectivity index (χ0n) is 9.80. The number of benzene rings is 1. The van der Waals surface area contributed by atoms with Crippen molar-refractivity contribution in [3.05, 3.63) is 27.7 Å². The number of carboxylic acids is 1. The number of hydrogen-bond acceptors (Lipinski definition) is 2. The summed E-state index contributed by atoms with van der Waals surface area (Å²) < 4.78 is 0. The number of amides is 1. The lowest BCUT2D eigenvalue weighted by Crippen LogP contribution is -2.12. The maximum Gasteiger partial charge on any atom is 0.303 e. The fourth-order valence-electron chi connectivity index (χ4n) is 1.37. The van der Waals surface area contributed by atoms with Crippen molar-refractivity contribution in [2.75, 3.05) is 5.32 Å². The van der Waals surface area contributed by atoms with Gasteiger partial charge in [-0.05, 0) is 25.0 Å². The Morgan fingerprint density at radius 2 is 1.94 bits per heavy atom. The minimum absolute atomic E-state index is 0.0390. The first-order chi connectivity index (χ1) is 8.41. The molecule has 2 N–H and O–H groups in total. The van der Waals surface area contributed by atoms with E-state index in [2.05, 4.69) is 5.32 Å². The molecule has 0 aromatic heterocycles. The Kier molecular flexibility index (Phi) is 5.44. The third kappa shape index (κ3) is 4.20. The lowest BCUT2D eigenvalue weighted by atomic mass is 10.2. The molecule has 0 radical (unpaired) electrons. The van der Waals surface area contributed by atoms with Crippen LogP contribution in [0.4, 0.5) is 5.69 Å². The Morgan fingerprint density at radius 1 is 1.28 bits per heavy atom. The van der Waals surface area contributed by atoms with Crippen molar-refractivity contribution in [2.45, 2.75) is 26.2 Å². The van der Waals surface area contributed by atoms with E-state index >= 15 is 0 Å². The second-order valence-electron chi connectivity index (χ2n) is 3.85. The molecule has 1 rings (SSSR count). The van der Waals surface area contributed by atoms with Crippen molar-refractivity contribution in [3.63, 3.8) is 0 Å². The van der Waals surface area contributed by atoms with Crippen LogP contribution in [0.5, 0.6) is 0 Å². The van der Waals surface area contributed by atoms with Crippen molar-refractivity contribution >= 4 is 40.8 Å². The molecule has 1 amide bonds. The second-order valence-corrected chi connectivity index (χ2v) is 4.63. The van der Waals surface area contributed by atoms with Gasteiger partial charge in [0.05, 0.1) is 15.7 Å². The van der Waals surface area contributed by atoms with Gasteiger partial charge in [-0.3, -0.25) is 9.59 Å². The fraction of sp³-hybridized carbons (Fsp3) is 0.333. The average Bonchev–Trinajstić information content (AvgIpc) is 2.29. The number of rotatable bonds is 5. The van der Waals surface area contributed by atoms with Crippen molar-refractivity contribution in [1.82, 2.24) is 0 Å². The van der Waals surface area contributed by atoms with Crippen LogP contribution >= 0.6 is 23.2 Å². The maximum atomic E-state index is 11.6. The summed E-state index contributed by atoms with van der Waals surface area (Å²) in [5, 5.41) is 11.8. The minimum Gasteiger partial charge on any atom is -0.481 e. The maximum absolute atomic E-state index is 11.6. The van der Waals surface area contributed by atoms with Crippen LogP contribution in [0.1, 0.15) is 24.8 Å². The van der Waals surface area contributed by atoms with Crippen molar-refractivity contribution in [3.8, 4) is 0 Å². The highest BCUT2D eigenvalue weighted by molar-refractivity contribution is 6.40. The van der Waals surface area contributed by atoms with Crippen molar-refractivity contribution in [1.29, 1.82) is 0 Å². The molecule has 0 aliphatic rings. The fourth-order valence-corrected chi connectivity index (χ4v) is 1.84. The zero-order valence-corrected chi connectivity index (χ0v) is 11.3. The third-order valence-electron chi connectivity index (χ3n) is 2.34. The third-order valence-corrected chi connectivity index (χ3v) is 3.15. The lowest BCUT2D eigenvalue weighted by molar-refractivity contribution is -0.137. The van der Waals surface area contributed by atoms with E-state index in [0.29, 0.717) is 15.7 Å². The highest BCUT2D eigenvalue weighted by atomic mass is 35.5. The Morgan fingerprint density at radius 3 is 2.56 bits per heavy atom. The van der Waals surface area contributed by atoms with Gasteiger partial charge >= 0.3 is 5.97 Å². The summed E-state index contributed by atoms with van der Waals surface area (Å²) in [4.78, 5) is 21.9. The zero-order chi connectivity index (χ0) is 13.7. The quantitative estimate of drug-likeness (QED) is 0.872. The lowest BCUT2D eigenvalue weighted by Gasteiger charge is -2.10. The SMILES string of the molecule is Cc1ccc(Cl)c(NC(=O)CCCC(=O)O)c1Cl. The summed E-state index contributed by atoms with van der Waals surface area (Å²) in [6, 6.07) is 3.40. The number of aliphatic carboxylic acids is 1. The van der Waals surface area contributed by atoms with Crippen LogP contribution in [0.3, 0.4) is 0 Å². The number of aryl methyl sites for hydroxylation is 1. The number of nitrogens with one attached hydrogen (secondary N) is 1. The molecule has 18 heavy (non-hydrogen) atoms. The Balaban J connectivity index is 2.65. The molecular weight excluding hydrogens is 277 g/mol. The van der Waals surface area contributed by atoms with E-state index in [0.717, 1.165) is 5.56 Å². The number of carbonyl (C=O) groups is 2. The summed E-state index contributed by atoms with van der Waals surface area (Å²) in [6.07, 6.45) is 0.359. The molecule has 0 bridgehead atoms. The largest absolute Gasteiger partial charge is 0.481 e. The molecule has 0 aliphatic carbocycles. The van der Waals surface area contributed by atoms with E-state index in [1.807, 2.05) is 0 Å². The van der Waals surface area contributed by atoms with Gasteiger partial charge in [-0.15, -0.1) is 0 Å². The van der Waals surface area contributed by atoms with E-state index in [9.17, 15) is 9.59 Å². The van der Waals surface area contributed by atoms with E-state index in [-0.39, 0.29) is 25.2 Å². The van der Waals surface area contributed by atoms with Crippen LogP contribution in [0.15, 0.2) is 12.1 Å². The number of carboxylic acid groups (broad SMARTS) is 1. The van der Waals surface area contributed by atoms with Gasteiger partial charge in [-0.25, -0.2) is 0 Å². The average molecular weight is 290 g/mol. The summed E-state index contributed by atoms with van der Waals surface area (Å²) in [5.74, 6) is -1.22. The molecule has 0 aliphatic heterocycles. The van der Waals surface area contributed by atoms with Gasteiger partial charge in [0.1, 0.15) is 0 Å². The number of halogens is 2. The van der Waals surface area contributed by atoms with E-state index in [4.69, 9.17) is 28.3 Å². The summed E-state index contributed by atoms with van der Waals surface area (Å²) in [7, 11) is 0. The summed E-state index contributed by atoms with van der Waals surface area (Å²) >= 11 is 12.0. The minimum atomic E-state index is -0.922. The molecular formula is C12H13Cl2NO3.